The molecule has 3 aromatic rings. The maximum absolute atomic E-state index is 11.1. The zero-order chi connectivity index (χ0) is 25.5. The molecule has 0 fully saturated rings. The first-order chi connectivity index (χ1) is 16.7. The van der Waals surface area contributed by atoms with Gasteiger partial charge in [0.1, 0.15) is 30.8 Å². The first-order valence-electron chi connectivity index (χ1n) is 11.8. The third-order valence-corrected chi connectivity index (χ3v) is 5.39. The van der Waals surface area contributed by atoms with Crippen LogP contribution in [-0.4, -0.2) is 57.1 Å². The van der Waals surface area contributed by atoms with Gasteiger partial charge in [-0.05, 0) is 73.6 Å². The zero-order valence-corrected chi connectivity index (χ0v) is 21.0. The highest BCUT2D eigenvalue weighted by atomic mass is 16.5. The van der Waals surface area contributed by atoms with Gasteiger partial charge in [0.15, 0.2) is 0 Å². The molecule has 188 valence electrons. The van der Waals surface area contributed by atoms with Gasteiger partial charge < -0.3 is 24.8 Å². The standard InChI is InChI=1S/C26H34N4O5/c1-6-19-11-20(8-16(4)24(19)34-14-21(32)12-27-23(33)13-31)25-29-26(35-30-25)22-10-18(7-15(2)3)9-17(5)28-22/h8-11,15,21,31-32H,6-7,12-14H2,1-5H3,(H,27,33)/t21-/m0/s1. The molecule has 0 saturated heterocycles. The van der Waals surface area contributed by atoms with Crippen LogP contribution in [0.3, 0.4) is 0 Å². The fraction of sp³-hybridized carbons (Fsp3) is 0.462. The maximum Gasteiger partial charge on any atom is 0.276 e. The van der Waals surface area contributed by atoms with E-state index in [-0.39, 0.29) is 13.2 Å². The van der Waals surface area contributed by atoms with Crippen molar-refractivity contribution in [3.05, 3.63) is 46.6 Å². The van der Waals surface area contributed by atoms with Crippen LogP contribution in [0.4, 0.5) is 0 Å². The first kappa shape index (κ1) is 26.3. The molecule has 2 heterocycles. The number of hydrogen-bond donors (Lipinski definition) is 3. The Morgan fingerprint density at radius 2 is 1.94 bits per heavy atom. The highest BCUT2D eigenvalue weighted by Crippen LogP contribution is 2.31. The molecule has 0 radical (unpaired) electrons. The van der Waals surface area contributed by atoms with Crippen LogP contribution < -0.4 is 10.1 Å². The molecule has 0 bridgehead atoms. The Bertz CT molecular complexity index is 1160. The van der Waals surface area contributed by atoms with E-state index in [4.69, 9.17) is 14.4 Å². The SMILES string of the molecule is CCc1cc(-c2noc(-c3cc(CC(C)C)cc(C)n3)n2)cc(C)c1OC[C@@H](O)CNC(=O)CO. The molecule has 0 unspecified atom stereocenters. The highest BCUT2D eigenvalue weighted by Gasteiger charge is 2.17. The number of amides is 1. The summed E-state index contributed by atoms with van der Waals surface area (Å²) in [5, 5.41) is 25.4. The molecule has 1 atom stereocenters. The summed E-state index contributed by atoms with van der Waals surface area (Å²) in [4.78, 5) is 20.3. The Balaban J connectivity index is 1.79. The molecule has 1 amide bonds. The van der Waals surface area contributed by atoms with Crippen molar-refractivity contribution in [1.29, 1.82) is 0 Å². The van der Waals surface area contributed by atoms with Crippen molar-refractivity contribution in [3.63, 3.8) is 0 Å². The van der Waals surface area contributed by atoms with E-state index in [2.05, 4.69) is 40.4 Å². The Hall–Kier alpha value is -3.30. The maximum atomic E-state index is 11.1. The number of carbonyl (C=O) groups excluding carboxylic acids is 1. The average Bonchev–Trinajstić information content (AvgIpc) is 3.31. The van der Waals surface area contributed by atoms with Crippen molar-refractivity contribution in [1.82, 2.24) is 20.4 Å². The topological polar surface area (TPSA) is 131 Å². The van der Waals surface area contributed by atoms with Crippen LogP contribution in [0.1, 0.15) is 43.2 Å². The fourth-order valence-electron chi connectivity index (χ4n) is 3.85. The monoisotopic (exact) mass is 482 g/mol. The predicted octanol–water partition coefficient (Wildman–Crippen LogP) is 3.02. The number of nitrogens with zero attached hydrogens (tertiary/aromatic N) is 3. The van der Waals surface area contributed by atoms with E-state index in [9.17, 15) is 9.90 Å². The minimum absolute atomic E-state index is 0.00297. The molecule has 0 spiro atoms. The van der Waals surface area contributed by atoms with E-state index < -0.39 is 18.6 Å². The number of hydrogen-bond acceptors (Lipinski definition) is 8. The average molecular weight is 483 g/mol. The molecule has 9 nitrogen and oxygen atoms in total. The summed E-state index contributed by atoms with van der Waals surface area (Å²) in [6, 6.07) is 7.94. The number of rotatable bonds is 11. The lowest BCUT2D eigenvalue weighted by atomic mass is 10.0. The lowest BCUT2D eigenvalue weighted by Gasteiger charge is -2.17. The predicted molar refractivity (Wildman–Crippen MR) is 132 cm³/mol. The Labute approximate surface area is 205 Å². The third kappa shape index (κ3) is 7.10. The van der Waals surface area contributed by atoms with Crippen molar-refractivity contribution in [2.24, 2.45) is 5.92 Å². The molecule has 3 rings (SSSR count). The molecule has 0 aliphatic heterocycles. The summed E-state index contributed by atoms with van der Waals surface area (Å²) in [7, 11) is 0. The Morgan fingerprint density at radius 3 is 2.63 bits per heavy atom. The molecule has 9 heteroatoms. The number of aryl methyl sites for hydroxylation is 3. The smallest absolute Gasteiger partial charge is 0.276 e. The van der Waals surface area contributed by atoms with Crippen LogP contribution in [0.15, 0.2) is 28.8 Å². The molecule has 35 heavy (non-hydrogen) atoms. The van der Waals surface area contributed by atoms with E-state index in [0.29, 0.717) is 35.5 Å². The highest BCUT2D eigenvalue weighted by molar-refractivity contribution is 5.76. The first-order valence-corrected chi connectivity index (χ1v) is 11.8. The van der Waals surface area contributed by atoms with Crippen molar-refractivity contribution in [2.75, 3.05) is 19.8 Å². The van der Waals surface area contributed by atoms with Gasteiger partial charge in [-0.1, -0.05) is 25.9 Å². The second-order valence-electron chi connectivity index (χ2n) is 9.09. The number of aliphatic hydroxyl groups excluding tert-OH is 2. The van der Waals surface area contributed by atoms with Gasteiger partial charge >= 0.3 is 0 Å². The molecule has 0 aliphatic carbocycles. The third-order valence-electron chi connectivity index (χ3n) is 5.39. The van der Waals surface area contributed by atoms with E-state index in [1.165, 1.54) is 5.56 Å². The summed E-state index contributed by atoms with van der Waals surface area (Å²) in [5.74, 6) is 1.49. The number of aromatic nitrogens is 3. The fourth-order valence-corrected chi connectivity index (χ4v) is 3.85. The molecule has 1 aromatic carbocycles. The normalized spacial score (nSPS) is 12.1. The summed E-state index contributed by atoms with van der Waals surface area (Å²) in [5.41, 5.74) is 5.35. The van der Waals surface area contributed by atoms with Crippen LogP contribution in [0.5, 0.6) is 5.75 Å². The second kappa shape index (κ2) is 11.9. The molecular formula is C26H34N4O5. The van der Waals surface area contributed by atoms with Crippen LogP contribution in [-0.2, 0) is 17.6 Å². The number of carbonyl (C=O) groups is 1. The number of ether oxygens (including phenoxy) is 1. The van der Waals surface area contributed by atoms with E-state index in [1.54, 1.807) is 0 Å². The zero-order valence-electron chi connectivity index (χ0n) is 21.0. The van der Waals surface area contributed by atoms with Crippen LogP contribution >= 0.6 is 0 Å². The van der Waals surface area contributed by atoms with Gasteiger partial charge in [0.25, 0.3) is 5.89 Å². The van der Waals surface area contributed by atoms with Gasteiger partial charge in [-0.15, -0.1) is 0 Å². The van der Waals surface area contributed by atoms with Gasteiger partial charge in [0.05, 0.1) is 0 Å². The van der Waals surface area contributed by atoms with Crippen molar-refractivity contribution < 1.29 is 24.3 Å². The lowest BCUT2D eigenvalue weighted by Crippen LogP contribution is -2.36. The molecule has 0 aliphatic rings. The number of aliphatic hydroxyl groups is 2. The van der Waals surface area contributed by atoms with E-state index in [1.807, 2.05) is 39.0 Å². The molecule has 3 N–H and O–H groups in total. The Kier molecular flexibility index (Phi) is 8.95. The second-order valence-corrected chi connectivity index (χ2v) is 9.09. The molecule has 2 aromatic heterocycles. The van der Waals surface area contributed by atoms with Gasteiger partial charge in [-0.3, -0.25) is 4.79 Å². The summed E-state index contributed by atoms with van der Waals surface area (Å²) in [6.07, 6.45) is 0.737. The summed E-state index contributed by atoms with van der Waals surface area (Å²) in [6.45, 7) is 9.62. The number of nitrogens with one attached hydrogen (secondary N) is 1. The van der Waals surface area contributed by atoms with Gasteiger partial charge in [-0.25, -0.2) is 4.98 Å². The minimum atomic E-state index is -0.906. The molecular weight excluding hydrogens is 448 g/mol. The van der Waals surface area contributed by atoms with Crippen LogP contribution in [0.25, 0.3) is 23.0 Å². The van der Waals surface area contributed by atoms with Crippen LogP contribution in [0.2, 0.25) is 0 Å². The lowest BCUT2D eigenvalue weighted by molar-refractivity contribution is -0.124. The number of benzene rings is 1. The van der Waals surface area contributed by atoms with E-state index in [0.717, 1.165) is 28.8 Å². The van der Waals surface area contributed by atoms with Crippen molar-refractivity contribution in [3.8, 4) is 28.7 Å². The van der Waals surface area contributed by atoms with Crippen molar-refractivity contribution in [2.45, 2.75) is 53.6 Å². The van der Waals surface area contributed by atoms with Crippen LogP contribution in [0, 0.1) is 19.8 Å². The summed E-state index contributed by atoms with van der Waals surface area (Å²) >= 11 is 0. The van der Waals surface area contributed by atoms with Gasteiger partial charge in [0.2, 0.25) is 11.7 Å². The van der Waals surface area contributed by atoms with Gasteiger partial charge in [0, 0.05) is 17.8 Å². The number of pyridine rings is 1. The molecule has 0 saturated carbocycles. The minimum Gasteiger partial charge on any atom is -0.490 e. The summed E-state index contributed by atoms with van der Waals surface area (Å²) < 4.78 is 11.4. The van der Waals surface area contributed by atoms with E-state index >= 15 is 0 Å². The van der Waals surface area contributed by atoms with Gasteiger partial charge in [-0.2, -0.15) is 4.98 Å². The van der Waals surface area contributed by atoms with Crippen molar-refractivity contribution >= 4 is 5.91 Å². The Morgan fingerprint density at radius 1 is 1.17 bits per heavy atom. The quantitative estimate of drug-likeness (QED) is 0.380. The largest absolute Gasteiger partial charge is 0.490 e.